The van der Waals surface area contributed by atoms with E-state index in [0.717, 1.165) is 0 Å². The molecule has 0 aromatic heterocycles. The van der Waals surface area contributed by atoms with E-state index in [9.17, 15) is 14.4 Å². The monoisotopic (exact) mass is 346 g/mol. The molecule has 1 saturated heterocycles. The molecule has 9 heteroatoms. The maximum absolute atomic E-state index is 11.6. The fraction of sp³-hybridized carbons (Fsp3) is 0.800. The summed E-state index contributed by atoms with van der Waals surface area (Å²) < 4.78 is 16.2. The second kappa shape index (κ2) is 9.43. The van der Waals surface area contributed by atoms with E-state index in [1.54, 1.807) is 20.8 Å². The molecule has 0 radical (unpaired) electrons. The molecule has 2 amide bonds. The number of carboxylic acid groups (broad SMARTS) is 1. The Bertz CT molecular complexity index is 436. The quantitative estimate of drug-likeness (QED) is 0.539. The lowest BCUT2D eigenvalue weighted by atomic mass is 10.1. The highest BCUT2D eigenvalue weighted by Gasteiger charge is 2.26. The van der Waals surface area contributed by atoms with Gasteiger partial charge in [-0.25, -0.2) is 9.59 Å². The van der Waals surface area contributed by atoms with Crippen LogP contribution in [0.15, 0.2) is 0 Å². The lowest BCUT2D eigenvalue weighted by molar-refractivity contribution is -0.144. The van der Waals surface area contributed by atoms with Crippen molar-refractivity contribution in [2.45, 2.75) is 57.5 Å². The van der Waals surface area contributed by atoms with E-state index < -0.39 is 23.7 Å². The minimum absolute atomic E-state index is 0.120. The van der Waals surface area contributed by atoms with Crippen LogP contribution in [0, 0.1) is 0 Å². The second-order valence-electron chi connectivity index (χ2n) is 6.53. The van der Waals surface area contributed by atoms with Gasteiger partial charge in [0, 0.05) is 19.6 Å². The molecule has 138 valence electrons. The van der Waals surface area contributed by atoms with E-state index in [4.69, 9.17) is 19.3 Å². The molecular weight excluding hydrogens is 320 g/mol. The molecule has 1 aliphatic rings. The number of rotatable bonds is 8. The average molecular weight is 346 g/mol. The summed E-state index contributed by atoms with van der Waals surface area (Å²) in [7, 11) is 0. The first-order chi connectivity index (χ1) is 11.2. The largest absolute Gasteiger partial charge is 0.480 e. The lowest BCUT2D eigenvalue weighted by Crippen LogP contribution is -2.44. The fourth-order valence-corrected chi connectivity index (χ4v) is 2.16. The Kier molecular flexibility index (Phi) is 7.93. The summed E-state index contributed by atoms with van der Waals surface area (Å²) in [6, 6.07) is -1.08. The Morgan fingerprint density at radius 2 is 2.12 bits per heavy atom. The van der Waals surface area contributed by atoms with Crippen LogP contribution in [0.25, 0.3) is 0 Å². The third-order valence-electron chi connectivity index (χ3n) is 3.26. The highest BCUT2D eigenvalue weighted by atomic mass is 16.6. The highest BCUT2D eigenvalue weighted by molar-refractivity contribution is 5.76. The van der Waals surface area contributed by atoms with Gasteiger partial charge in [0.1, 0.15) is 11.6 Å². The normalized spacial score (nSPS) is 22.3. The van der Waals surface area contributed by atoms with Gasteiger partial charge in [-0.2, -0.15) is 0 Å². The first-order valence-corrected chi connectivity index (χ1v) is 7.84. The molecule has 1 rings (SSSR count). The van der Waals surface area contributed by atoms with Crippen LogP contribution in [0.4, 0.5) is 4.79 Å². The topological polar surface area (TPSA) is 123 Å². The van der Waals surface area contributed by atoms with E-state index in [1.807, 2.05) is 0 Å². The van der Waals surface area contributed by atoms with Crippen LogP contribution in [-0.4, -0.2) is 67.2 Å². The zero-order chi connectivity index (χ0) is 18.2. The molecule has 1 aliphatic heterocycles. The maximum Gasteiger partial charge on any atom is 0.407 e. The van der Waals surface area contributed by atoms with Crippen LogP contribution in [0.1, 0.15) is 33.6 Å². The van der Waals surface area contributed by atoms with E-state index in [1.165, 1.54) is 0 Å². The van der Waals surface area contributed by atoms with Gasteiger partial charge in [0.05, 0.1) is 18.8 Å². The van der Waals surface area contributed by atoms with Crippen molar-refractivity contribution in [1.29, 1.82) is 0 Å². The summed E-state index contributed by atoms with van der Waals surface area (Å²) >= 11 is 0. The van der Waals surface area contributed by atoms with Gasteiger partial charge in [0.2, 0.25) is 6.41 Å². The molecule has 3 atom stereocenters. The molecule has 0 spiro atoms. The zero-order valence-electron chi connectivity index (χ0n) is 14.2. The molecule has 3 N–H and O–H groups in total. The van der Waals surface area contributed by atoms with Crippen molar-refractivity contribution in [2.24, 2.45) is 0 Å². The van der Waals surface area contributed by atoms with Crippen LogP contribution in [0.3, 0.4) is 0 Å². The van der Waals surface area contributed by atoms with Crippen molar-refractivity contribution < 1.29 is 33.7 Å². The summed E-state index contributed by atoms with van der Waals surface area (Å²) in [6.07, 6.45) is 0.521. The van der Waals surface area contributed by atoms with E-state index in [-0.39, 0.29) is 25.4 Å². The molecule has 1 heterocycles. The number of aliphatic carboxylic acids is 1. The van der Waals surface area contributed by atoms with Crippen LogP contribution >= 0.6 is 0 Å². The van der Waals surface area contributed by atoms with Gasteiger partial charge in [-0.15, -0.1) is 0 Å². The number of ether oxygens (including phenoxy) is 3. The number of carbonyl (C=O) groups is 3. The first kappa shape index (κ1) is 20.2. The van der Waals surface area contributed by atoms with Gasteiger partial charge in [-0.1, -0.05) is 0 Å². The van der Waals surface area contributed by atoms with Crippen molar-refractivity contribution in [2.75, 3.05) is 19.8 Å². The van der Waals surface area contributed by atoms with Gasteiger partial charge < -0.3 is 30.0 Å². The van der Waals surface area contributed by atoms with Gasteiger partial charge in [0.15, 0.2) is 0 Å². The Balaban J connectivity index is 2.34. The number of nitrogens with one attached hydrogen (secondary N) is 2. The molecule has 0 aromatic carbocycles. The van der Waals surface area contributed by atoms with Crippen molar-refractivity contribution in [3.63, 3.8) is 0 Å². The molecule has 0 saturated carbocycles. The number of carboxylic acids is 1. The van der Waals surface area contributed by atoms with Crippen molar-refractivity contribution in [3.05, 3.63) is 0 Å². The molecule has 9 nitrogen and oxygen atoms in total. The Morgan fingerprint density at radius 3 is 2.71 bits per heavy atom. The number of carbonyl (C=O) groups excluding carboxylic acids is 2. The molecule has 0 bridgehead atoms. The van der Waals surface area contributed by atoms with Crippen LogP contribution in [-0.2, 0) is 23.8 Å². The minimum atomic E-state index is -1.16. The molecule has 0 aliphatic carbocycles. The first-order valence-electron chi connectivity index (χ1n) is 7.84. The fourth-order valence-electron chi connectivity index (χ4n) is 2.16. The summed E-state index contributed by atoms with van der Waals surface area (Å²) in [5.41, 5.74) is -0.569. The molecular formula is C15H26N2O7. The number of amides is 2. The Labute approximate surface area is 141 Å². The van der Waals surface area contributed by atoms with Gasteiger partial charge in [-0.3, -0.25) is 4.79 Å². The average Bonchev–Trinajstić information content (AvgIpc) is 2.48. The van der Waals surface area contributed by atoms with E-state index >= 15 is 0 Å². The van der Waals surface area contributed by atoms with Gasteiger partial charge >= 0.3 is 12.1 Å². The third-order valence-corrected chi connectivity index (χ3v) is 3.26. The summed E-state index contributed by atoms with van der Waals surface area (Å²) in [6.45, 7) is 5.94. The summed E-state index contributed by atoms with van der Waals surface area (Å²) in [5, 5.41) is 13.8. The second-order valence-corrected chi connectivity index (χ2v) is 6.53. The van der Waals surface area contributed by atoms with E-state index in [0.29, 0.717) is 25.9 Å². The minimum Gasteiger partial charge on any atom is -0.480 e. The Morgan fingerprint density at radius 1 is 1.42 bits per heavy atom. The van der Waals surface area contributed by atoms with Crippen LogP contribution in [0.5, 0.6) is 0 Å². The van der Waals surface area contributed by atoms with Crippen LogP contribution < -0.4 is 10.6 Å². The molecule has 3 unspecified atom stereocenters. The highest BCUT2D eigenvalue weighted by Crippen LogP contribution is 2.17. The number of alkyl carbamates (subject to hydrolysis) is 1. The molecule has 0 aromatic rings. The van der Waals surface area contributed by atoms with Crippen molar-refractivity contribution in [3.8, 4) is 0 Å². The van der Waals surface area contributed by atoms with E-state index in [2.05, 4.69) is 10.6 Å². The van der Waals surface area contributed by atoms with Gasteiger partial charge in [0.25, 0.3) is 0 Å². The summed E-state index contributed by atoms with van der Waals surface area (Å²) in [4.78, 5) is 32.9. The number of hydrogen-bond donors (Lipinski definition) is 3. The van der Waals surface area contributed by atoms with Crippen molar-refractivity contribution >= 4 is 18.5 Å². The van der Waals surface area contributed by atoms with Gasteiger partial charge in [-0.05, 0) is 27.2 Å². The number of hydrogen-bond acceptors (Lipinski definition) is 6. The SMILES string of the molecule is CC(C)(C)OC(=O)NCC1CC(OCC(NC=O)C(=O)O)CCO1. The third kappa shape index (κ3) is 8.11. The zero-order valence-corrected chi connectivity index (χ0v) is 14.2. The predicted molar refractivity (Wildman–Crippen MR) is 83.6 cm³/mol. The summed E-state index contributed by atoms with van der Waals surface area (Å²) in [5.74, 6) is -1.16. The molecule has 24 heavy (non-hydrogen) atoms. The van der Waals surface area contributed by atoms with Crippen molar-refractivity contribution in [1.82, 2.24) is 10.6 Å². The standard InChI is InChI=1S/C15H26N2O7/c1-15(2,3)24-14(21)16-7-11-6-10(4-5-22-11)23-8-12(13(19)20)17-9-18/h9-12H,4-8H2,1-3H3,(H,16,21)(H,17,18)(H,19,20). The maximum atomic E-state index is 11.6. The molecule has 1 fully saturated rings. The van der Waals surface area contributed by atoms with Crippen LogP contribution in [0.2, 0.25) is 0 Å². The predicted octanol–water partition coefficient (Wildman–Crippen LogP) is 0.275. The lowest BCUT2D eigenvalue weighted by Gasteiger charge is -2.30. The Hall–Kier alpha value is -1.87. The smallest absolute Gasteiger partial charge is 0.407 e.